The Balaban J connectivity index is 1.67. The maximum atomic E-state index is 13.5. The predicted octanol–water partition coefficient (Wildman–Crippen LogP) is 4.57. The monoisotopic (exact) mass is 457 g/mol. The quantitative estimate of drug-likeness (QED) is 0.435. The minimum absolute atomic E-state index is 0.149. The van der Waals surface area contributed by atoms with Crippen molar-refractivity contribution < 1.29 is 14.0 Å². The molecule has 2 amide bonds. The van der Waals surface area contributed by atoms with Crippen LogP contribution in [-0.2, 0) is 22.6 Å². The van der Waals surface area contributed by atoms with Gasteiger partial charge in [0.25, 0.3) is 5.91 Å². The molecule has 1 N–H and O–H groups in total. The third-order valence-electron chi connectivity index (χ3n) is 5.15. The molecule has 1 fully saturated rings. The minimum Gasteiger partial charge on any atom is -0.347 e. The number of thioether (sulfide) groups is 1. The first-order chi connectivity index (χ1) is 16.1. The summed E-state index contributed by atoms with van der Waals surface area (Å²) in [6, 6.07) is 26.3. The lowest BCUT2D eigenvalue weighted by Gasteiger charge is -2.18. The molecule has 0 radical (unpaired) electrons. The van der Waals surface area contributed by atoms with Crippen LogP contribution in [0.25, 0.3) is 0 Å². The Bertz CT molecular complexity index is 1220. The second-order valence-electron chi connectivity index (χ2n) is 7.41. The number of nitrogens with one attached hydrogen (secondary N) is 1. The van der Waals surface area contributed by atoms with Crippen LogP contribution in [-0.4, -0.2) is 17.1 Å². The van der Waals surface area contributed by atoms with E-state index in [0.29, 0.717) is 12.1 Å². The van der Waals surface area contributed by atoms with Crippen LogP contribution in [0, 0.1) is 17.1 Å². The number of hydrogen-bond acceptors (Lipinski definition) is 4. The highest BCUT2D eigenvalue weighted by Crippen LogP contribution is 2.41. The number of amides is 2. The molecule has 3 aromatic carbocycles. The van der Waals surface area contributed by atoms with E-state index < -0.39 is 17.0 Å². The number of nitriles is 1. The van der Waals surface area contributed by atoms with Crippen molar-refractivity contribution in [2.75, 3.05) is 4.90 Å². The van der Waals surface area contributed by atoms with Crippen LogP contribution in [0.5, 0.6) is 0 Å². The van der Waals surface area contributed by atoms with E-state index >= 15 is 0 Å². The first-order valence-electron chi connectivity index (χ1n) is 10.3. The molecule has 5 nitrogen and oxygen atoms in total. The van der Waals surface area contributed by atoms with E-state index in [1.165, 1.54) is 40.9 Å². The van der Waals surface area contributed by atoms with Gasteiger partial charge in [-0.25, -0.2) is 4.39 Å². The smallest absolute Gasteiger partial charge is 0.264 e. The van der Waals surface area contributed by atoms with Gasteiger partial charge in [-0.15, -0.1) is 0 Å². The summed E-state index contributed by atoms with van der Waals surface area (Å²) in [7, 11) is 0. The van der Waals surface area contributed by atoms with Crippen molar-refractivity contribution in [1.82, 2.24) is 5.32 Å². The lowest BCUT2D eigenvalue weighted by atomic mass is 10.1. The molecule has 1 aliphatic heterocycles. The molecule has 4 rings (SSSR count). The zero-order valence-corrected chi connectivity index (χ0v) is 18.4. The fourth-order valence-electron chi connectivity index (χ4n) is 3.51. The van der Waals surface area contributed by atoms with E-state index in [9.17, 15) is 19.2 Å². The molecule has 0 aromatic heterocycles. The van der Waals surface area contributed by atoms with Crippen LogP contribution in [0.4, 0.5) is 10.1 Å². The molecular formula is C26H20FN3O2S. The molecular weight excluding hydrogens is 437 g/mol. The van der Waals surface area contributed by atoms with Gasteiger partial charge in [0.15, 0.2) is 0 Å². The maximum absolute atomic E-state index is 13.5. The van der Waals surface area contributed by atoms with Crippen molar-refractivity contribution >= 4 is 29.3 Å². The zero-order valence-electron chi connectivity index (χ0n) is 17.6. The van der Waals surface area contributed by atoms with Gasteiger partial charge >= 0.3 is 0 Å². The summed E-state index contributed by atoms with van der Waals surface area (Å²) in [5.74, 6) is -1.26. The fraction of sp³-hybridized carbons (Fsp3) is 0.115. The van der Waals surface area contributed by atoms with Crippen molar-refractivity contribution in [3.8, 4) is 6.07 Å². The predicted molar refractivity (Wildman–Crippen MR) is 126 cm³/mol. The number of rotatable bonds is 6. The molecule has 0 spiro atoms. The Labute approximate surface area is 195 Å². The third-order valence-corrected chi connectivity index (χ3v) is 6.41. The summed E-state index contributed by atoms with van der Waals surface area (Å²) < 4.78 is 13.5. The van der Waals surface area contributed by atoms with Gasteiger partial charge in [0.1, 0.15) is 22.5 Å². The summed E-state index contributed by atoms with van der Waals surface area (Å²) in [5.41, 5.74) is 2.11. The molecule has 1 heterocycles. The summed E-state index contributed by atoms with van der Waals surface area (Å²) in [6.45, 7) is 0.251. The lowest BCUT2D eigenvalue weighted by molar-refractivity contribution is -0.117. The number of carbonyl (C=O) groups is 2. The lowest BCUT2D eigenvalue weighted by Crippen LogP contribution is -2.32. The number of anilines is 1. The molecule has 0 aliphatic carbocycles. The number of benzene rings is 3. The normalized spacial score (nSPS) is 16.9. The molecule has 164 valence electrons. The molecule has 3 aromatic rings. The van der Waals surface area contributed by atoms with E-state index in [1.54, 1.807) is 0 Å². The van der Waals surface area contributed by atoms with Crippen molar-refractivity contribution in [3.63, 3.8) is 0 Å². The van der Waals surface area contributed by atoms with Crippen molar-refractivity contribution in [2.45, 2.75) is 18.2 Å². The van der Waals surface area contributed by atoms with E-state index in [4.69, 9.17) is 0 Å². The topological polar surface area (TPSA) is 73.2 Å². The van der Waals surface area contributed by atoms with E-state index in [2.05, 4.69) is 5.32 Å². The minimum atomic E-state index is -0.566. The summed E-state index contributed by atoms with van der Waals surface area (Å²) in [5, 5.41) is 12.3. The van der Waals surface area contributed by atoms with Gasteiger partial charge in [0.05, 0.1) is 5.25 Å². The number of halogens is 1. The molecule has 1 atom stereocenters. The second kappa shape index (κ2) is 10.2. The van der Waals surface area contributed by atoms with Gasteiger partial charge in [-0.2, -0.15) is 5.26 Å². The molecule has 0 bridgehead atoms. The zero-order chi connectivity index (χ0) is 23.2. The van der Waals surface area contributed by atoms with Gasteiger partial charge in [0, 0.05) is 12.2 Å². The molecule has 0 unspecified atom stereocenters. The van der Waals surface area contributed by atoms with E-state index in [-0.39, 0.29) is 23.1 Å². The van der Waals surface area contributed by atoms with E-state index in [1.807, 2.05) is 66.7 Å². The van der Waals surface area contributed by atoms with Crippen LogP contribution >= 0.6 is 11.8 Å². The molecule has 33 heavy (non-hydrogen) atoms. The van der Waals surface area contributed by atoms with Crippen LogP contribution < -0.4 is 10.2 Å². The highest BCUT2D eigenvalue weighted by Gasteiger charge is 2.40. The molecule has 7 heteroatoms. The van der Waals surface area contributed by atoms with Crippen molar-refractivity contribution in [3.05, 3.63) is 112 Å². The molecule has 0 saturated carbocycles. The molecule has 1 saturated heterocycles. The highest BCUT2D eigenvalue weighted by atomic mass is 32.2. The first-order valence-corrected chi connectivity index (χ1v) is 11.2. The summed E-state index contributed by atoms with van der Waals surface area (Å²) in [6.07, 6.45) is 0.440. The Morgan fingerprint density at radius 1 is 0.970 bits per heavy atom. The van der Waals surface area contributed by atoms with Gasteiger partial charge in [0.2, 0.25) is 5.91 Å². The van der Waals surface area contributed by atoms with Gasteiger partial charge in [-0.1, -0.05) is 72.4 Å². The van der Waals surface area contributed by atoms with Crippen LogP contribution in [0.3, 0.4) is 0 Å². The number of nitrogens with zero attached hydrogens (tertiary/aromatic N) is 2. The average Bonchev–Trinajstić information content (AvgIpc) is 3.15. The number of carbonyl (C=O) groups excluding carboxylic acids is 2. The van der Waals surface area contributed by atoms with Gasteiger partial charge < -0.3 is 5.32 Å². The van der Waals surface area contributed by atoms with Crippen molar-refractivity contribution in [1.29, 1.82) is 5.26 Å². The highest BCUT2D eigenvalue weighted by molar-refractivity contribution is 8.05. The van der Waals surface area contributed by atoms with Crippen LogP contribution in [0.15, 0.2) is 95.5 Å². The molecule has 1 aliphatic rings. The van der Waals surface area contributed by atoms with Crippen molar-refractivity contribution in [2.24, 2.45) is 0 Å². The number of hydrogen-bond donors (Lipinski definition) is 1. The SMILES string of the molecule is N#C/C(C(=O)NCc1ccccc1)=C1/S[C@@H](Cc2ccccc2)C(=O)N1c1ccc(F)cc1. The summed E-state index contributed by atoms with van der Waals surface area (Å²) in [4.78, 5) is 27.6. The largest absolute Gasteiger partial charge is 0.347 e. The Hall–Kier alpha value is -3.89. The maximum Gasteiger partial charge on any atom is 0.264 e. The summed E-state index contributed by atoms with van der Waals surface area (Å²) >= 11 is 1.18. The van der Waals surface area contributed by atoms with E-state index in [0.717, 1.165) is 11.1 Å². The third kappa shape index (κ3) is 5.13. The Morgan fingerprint density at radius 3 is 2.18 bits per heavy atom. The van der Waals surface area contributed by atoms with Gasteiger partial charge in [-0.05, 0) is 41.8 Å². The standard InChI is InChI=1S/C26H20FN3O2S/c27-20-11-13-21(14-12-20)30-25(32)23(15-18-7-3-1-4-8-18)33-26(30)22(16-28)24(31)29-17-19-9-5-2-6-10-19/h1-14,23H,15,17H2,(H,29,31)/b26-22-/t23-/m0/s1. The average molecular weight is 458 g/mol. The van der Waals surface area contributed by atoms with Crippen LogP contribution in [0.2, 0.25) is 0 Å². The first kappa shape index (κ1) is 22.3. The van der Waals surface area contributed by atoms with Crippen LogP contribution in [0.1, 0.15) is 11.1 Å². The fourth-order valence-corrected chi connectivity index (χ4v) is 4.82. The second-order valence-corrected chi connectivity index (χ2v) is 8.60. The van der Waals surface area contributed by atoms with Gasteiger partial charge in [-0.3, -0.25) is 14.5 Å². The Kier molecular flexibility index (Phi) is 6.86. The Morgan fingerprint density at radius 2 is 1.58 bits per heavy atom.